The van der Waals surface area contributed by atoms with Crippen LogP contribution in [0.2, 0.25) is 0 Å². The Hall–Kier alpha value is -4.06. The van der Waals surface area contributed by atoms with Gasteiger partial charge < -0.3 is 25.4 Å². The number of amides is 3. The number of carbonyl (C=O) groups excluding carboxylic acids is 3. The Bertz CT molecular complexity index is 1080. The van der Waals surface area contributed by atoms with Gasteiger partial charge in [0.05, 0.1) is 6.07 Å². The van der Waals surface area contributed by atoms with Crippen LogP contribution in [-0.2, 0) is 14.3 Å². The van der Waals surface area contributed by atoms with E-state index in [1.807, 2.05) is 38.1 Å². The average molecular weight is 467 g/mol. The van der Waals surface area contributed by atoms with E-state index in [2.05, 4.69) is 10.6 Å². The molecule has 0 aliphatic heterocycles. The Kier molecular flexibility index (Phi) is 8.62. The first-order chi connectivity index (χ1) is 15.9. The molecule has 0 radical (unpaired) electrons. The molecule has 0 aromatic heterocycles. The normalized spacial score (nSPS) is 11.6. The Morgan fingerprint density at radius 2 is 1.74 bits per heavy atom. The van der Waals surface area contributed by atoms with Crippen LogP contribution in [0.25, 0.3) is 0 Å². The number of phenolic OH excluding ortho intramolecular Hbond substituents is 1. The van der Waals surface area contributed by atoms with Crippen molar-refractivity contribution in [2.45, 2.75) is 46.3 Å². The largest absolute Gasteiger partial charge is 0.508 e. The predicted molar refractivity (Wildman–Crippen MR) is 127 cm³/mol. The Balaban J connectivity index is 2.38. The summed E-state index contributed by atoms with van der Waals surface area (Å²) in [4.78, 5) is 39.6. The zero-order chi connectivity index (χ0) is 25.5. The minimum Gasteiger partial charge on any atom is -0.508 e. The lowest BCUT2D eigenvalue weighted by atomic mass is 10.0. The van der Waals surface area contributed by atoms with Crippen molar-refractivity contribution in [1.82, 2.24) is 10.2 Å². The lowest BCUT2D eigenvalue weighted by Crippen LogP contribution is -2.46. The van der Waals surface area contributed by atoms with Crippen molar-refractivity contribution in [2.75, 3.05) is 18.4 Å². The van der Waals surface area contributed by atoms with Gasteiger partial charge in [0.25, 0.3) is 5.91 Å². The number of phenols is 1. The van der Waals surface area contributed by atoms with Gasteiger partial charge in [-0.3, -0.25) is 9.59 Å². The second-order valence-corrected chi connectivity index (χ2v) is 8.79. The molecule has 2 aromatic rings. The first-order valence-corrected chi connectivity index (χ1v) is 10.7. The van der Waals surface area contributed by atoms with Crippen LogP contribution in [0.4, 0.5) is 10.5 Å². The van der Waals surface area contributed by atoms with Crippen molar-refractivity contribution in [2.24, 2.45) is 0 Å². The molecule has 0 bridgehead atoms. The van der Waals surface area contributed by atoms with E-state index in [4.69, 9.17) is 4.74 Å². The van der Waals surface area contributed by atoms with Crippen molar-refractivity contribution >= 4 is 23.6 Å². The summed E-state index contributed by atoms with van der Waals surface area (Å²) in [6.07, 6.45) is -0.799. The standard InChI is InChI=1S/C25H30N4O5/c1-16-8-6-9-17(2)21(16)28-23(32)22(18-10-7-11-19(30)14-18)29(13-12-26)20(31)15-27-24(33)34-25(3,4)5/h6-11,14,22,30H,13,15H2,1-5H3,(H,27,33)(H,28,32). The zero-order valence-corrected chi connectivity index (χ0v) is 20.0. The summed E-state index contributed by atoms with van der Waals surface area (Å²) >= 11 is 0. The van der Waals surface area contributed by atoms with E-state index in [1.165, 1.54) is 18.2 Å². The number of nitrogens with zero attached hydrogens (tertiary/aromatic N) is 2. The molecule has 1 unspecified atom stereocenters. The molecule has 9 nitrogen and oxygen atoms in total. The number of hydrogen-bond donors (Lipinski definition) is 3. The van der Waals surface area contributed by atoms with Crippen LogP contribution in [0.5, 0.6) is 5.75 Å². The smallest absolute Gasteiger partial charge is 0.408 e. The third kappa shape index (κ3) is 7.24. The minimum absolute atomic E-state index is 0.0985. The maximum absolute atomic E-state index is 13.5. The second kappa shape index (κ2) is 11.2. The maximum Gasteiger partial charge on any atom is 0.408 e. The number of para-hydroxylation sites is 1. The van der Waals surface area contributed by atoms with Gasteiger partial charge in [0.15, 0.2) is 0 Å². The third-order valence-corrected chi connectivity index (χ3v) is 4.82. The molecule has 9 heteroatoms. The van der Waals surface area contributed by atoms with Crippen LogP contribution in [0, 0.1) is 25.2 Å². The molecule has 180 valence electrons. The van der Waals surface area contributed by atoms with Gasteiger partial charge in [-0.1, -0.05) is 30.3 Å². The molecule has 0 fully saturated rings. The fourth-order valence-electron chi connectivity index (χ4n) is 3.33. The maximum atomic E-state index is 13.5. The average Bonchev–Trinajstić information content (AvgIpc) is 2.73. The fraction of sp³-hybridized carbons (Fsp3) is 0.360. The molecule has 0 saturated carbocycles. The second-order valence-electron chi connectivity index (χ2n) is 8.79. The number of benzene rings is 2. The number of nitrogens with one attached hydrogen (secondary N) is 2. The summed E-state index contributed by atoms with van der Waals surface area (Å²) in [6, 6.07) is 12.1. The number of alkyl carbamates (subject to hydrolysis) is 1. The van der Waals surface area contributed by atoms with Crippen LogP contribution >= 0.6 is 0 Å². The van der Waals surface area contributed by atoms with Gasteiger partial charge in [0.2, 0.25) is 5.91 Å². The van der Waals surface area contributed by atoms with Crippen molar-refractivity contribution in [3.63, 3.8) is 0 Å². The Morgan fingerprint density at radius 1 is 1.12 bits per heavy atom. The van der Waals surface area contributed by atoms with Crippen LogP contribution in [0.15, 0.2) is 42.5 Å². The minimum atomic E-state index is -1.24. The van der Waals surface area contributed by atoms with Gasteiger partial charge in [-0.05, 0) is 63.4 Å². The first kappa shape index (κ1) is 26.2. The molecule has 0 heterocycles. The van der Waals surface area contributed by atoms with Gasteiger partial charge >= 0.3 is 6.09 Å². The highest BCUT2D eigenvalue weighted by Gasteiger charge is 2.32. The number of rotatable bonds is 7. The van der Waals surface area contributed by atoms with E-state index in [-0.39, 0.29) is 5.75 Å². The highest BCUT2D eigenvalue weighted by molar-refractivity contribution is 5.99. The van der Waals surface area contributed by atoms with Gasteiger partial charge in [-0.2, -0.15) is 5.26 Å². The predicted octanol–water partition coefficient (Wildman–Crippen LogP) is 3.57. The molecule has 2 rings (SSSR count). The zero-order valence-electron chi connectivity index (χ0n) is 20.0. The number of aryl methyl sites for hydroxylation is 2. The van der Waals surface area contributed by atoms with Gasteiger partial charge in [0, 0.05) is 5.69 Å². The van der Waals surface area contributed by atoms with Crippen molar-refractivity contribution in [3.05, 3.63) is 59.2 Å². The van der Waals surface area contributed by atoms with Crippen LogP contribution in [0.3, 0.4) is 0 Å². The fourth-order valence-corrected chi connectivity index (χ4v) is 3.33. The highest BCUT2D eigenvalue weighted by atomic mass is 16.6. The lowest BCUT2D eigenvalue weighted by molar-refractivity contribution is -0.137. The summed E-state index contributed by atoms with van der Waals surface area (Å²) in [5, 5.41) is 24.6. The Labute approximate surface area is 199 Å². The summed E-state index contributed by atoms with van der Waals surface area (Å²) in [5.74, 6) is -1.33. The van der Waals surface area contributed by atoms with E-state index >= 15 is 0 Å². The monoisotopic (exact) mass is 466 g/mol. The van der Waals surface area contributed by atoms with Gasteiger partial charge in [0.1, 0.15) is 30.5 Å². The quantitative estimate of drug-likeness (QED) is 0.535. The SMILES string of the molecule is Cc1cccc(C)c1NC(=O)C(c1cccc(O)c1)N(CC#N)C(=O)CNC(=O)OC(C)(C)C. The summed E-state index contributed by atoms with van der Waals surface area (Å²) in [6.45, 7) is 7.84. The van der Waals surface area contributed by atoms with Gasteiger partial charge in [-0.25, -0.2) is 4.79 Å². The molecule has 0 spiro atoms. The molecule has 2 aromatic carbocycles. The van der Waals surface area contributed by atoms with Crippen molar-refractivity contribution < 1.29 is 24.2 Å². The molecule has 34 heavy (non-hydrogen) atoms. The van der Waals surface area contributed by atoms with Gasteiger partial charge in [-0.15, -0.1) is 0 Å². The number of nitriles is 1. The van der Waals surface area contributed by atoms with Crippen molar-refractivity contribution in [1.29, 1.82) is 5.26 Å². The number of carbonyl (C=O) groups is 3. The summed E-state index contributed by atoms with van der Waals surface area (Å²) < 4.78 is 5.14. The molecule has 3 amide bonds. The lowest BCUT2D eigenvalue weighted by Gasteiger charge is -2.30. The van der Waals surface area contributed by atoms with E-state index in [0.29, 0.717) is 11.3 Å². The van der Waals surface area contributed by atoms with E-state index in [9.17, 15) is 24.8 Å². The Morgan fingerprint density at radius 3 is 2.29 bits per heavy atom. The molecule has 3 N–H and O–H groups in total. The van der Waals surface area contributed by atoms with Crippen LogP contribution in [-0.4, -0.2) is 46.6 Å². The number of ether oxygens (including phenoxy) is 1. The summed E-state index contributed by atoms with van der Waals surface area (Å²) in [5.41, 5.74) is 1.80. The van der Waals surface area contributed by atoms with E-state index in [1.54, 1.807) is 26.8 Å². The van der Waals surface area contributed by atoms with E-state index < -0.39 is 42.6 Å². The number of hydrogen-bond acceptors (Lipinski definition) is 6. The molecular formula is C25H30N4O5. The topological polar surface area (TPSA) is 132 Å². The number of aromatic hydroxyl groups is 1. The first-order valence-electron chi connectivity index (χ1n) is 10.7. The third-order valence-electron chi connectivity index (χ3n) is 4.82. The molecule has 0 aliphatic rings. The molecular weight excluding hydrogens is 436 g/mol. The highest BCUT2D eigenvalue weighted by Crippen LogP contribution is 2.28. The van der Waals surface area contributed by atoms with Crippen molar-refractivity contribution in [3.8, 4) is 11.8 Å². The number of anilines is 1. The van der Waals surface area contributed by atoms with Crippen LogP contribution in [0.1, 0.15) is 43.5 Å². The molecule has 0 saturated heterocycles. The summed E-state index contributed by atoms with van der Waals surface area (Å²) in [7, 11) is 0. The molecule has 0 aliphatic carbocycles. The van der Waals surface area contributed by atoms with E-state index in [0.717, 1.165) is 16.0 Å². The molecule has 1 atom stereocenters. The van der Waals surface area contributed by atoms with Crippen LogP contribution < -0.4 is 10.6 Å².